The van der Waals surface area contributed by atoms with Gasteiger partial charge in [-0.3, -0.25) is 9.59 Å². The SMILES string of the molecule is O=C1CN(C(=O)N2CC(C(=O)O)CC(c3ccc(C(F)(F)F)cc3)C2)CCN1. The summed E-state index contributed by atoms with van der Waals surface area (Å²) in [6.45, 7) is 0.737. The van der Waals surface area contributed by atoms with Gasteiger partial charge in [0.2, 0.25) is 5.91 Å². The van der Waals surface area contributed by atoms with E-state index in [0.717, 1.165) is 12.1 Å². The van der Waals surface area contributed by atoms with Crippen molar-refractivity contribution in [2.45, 2.75) is 18.5 Å². The molecule has 0 aliphatic carbocycles. The maximum absolute atomic E-state index is 12.8. The second kappa shape index (κ2) is 7.69. The number of urea groups is 1. The van der Waals surface area contributed by atoms with Gasteiger partial charge in [0, 0.05) is 32.1 Å². The molecule has 0 bridgehead atoms. The summed E-state index contributed by atoms with van der Waals surface area (Å²) < 4.78 is 38.3. The molecule has 1 aromatic carbocycles. The molecule has 2 fully saturated rings. The Labute approximate surface area is 159 Å². The van der Waals surface area contributed by atoms with Gasteiger partial charge in [-0.15, -0.1) is 0 Å². The van der Waals surface area contributed by atoms with Gasteiger partial charge in [0.15, 0.2) is 0 Å². The number of carboxylic acids is 1. The lowest BCUT2D eigenvalue weighted by atomic mass is 9.84. The summed E-state index contributed by atoms with van der Waals surface area (Å²) in [5, 5.41) is 12.1. The molecule has 1 aromatic rings. The van der Waals surface area contributed by atoms with E-state index in [-0.39, 0.29) is 32.0 Å². The molecule has 2 aliphatic heterocycles. The first kappa shape index (κ1) is 20.0. The Balaban J connectivity index is 1.79. The fraction of sp³-hybridized carbons (Fsp3) is 0.500. The fourth-order valence-corrected chi connectivity index (χ4v) is 3.62. The molecule has 0 spiro atoms. The van der Waals surface area contributed by atoms with Crippen LogP contribution in [0.15, 0.2) is 24.3 Å². The Hall–Kier alpha value is -2.78. The van der Waals surface area contributed by atoms with Gasteiger partial charge in [-0.1, -0.05) is 12.1 Å². The van der Waals surface area contributed by atoms with E-state index < -0.39 is 35.6 Å². The van der Waals surface area contributed by atoms with Crippen molar-refractivity contribution >= 4 is 17.9 Å². The van der Waals surface area contributed by atoms with Crippen molar-refractivity contribution in [2.24, 2.45) is 5.92 Å². The van der Waals surface area contributed by atoms with Crippen LogP contribution in [0.4, 0.5) is 18.0 Å². The number of carboxylic acid groups (broad SMARTS) is 1. The monoisotopic (exact) mass is 399 g/mol. The number of piperidine rings is 1. The van der Waals surface area contributed by atoms with Gasteiger partial charge in [0.1, 0.15) is 6.54 Å². The molecule has 2 N–H and O–H groups in total. The fourth-order valence-electron chi connectivity index (χ4n) is 3.62. The van der Waals surface area contributed by atoms with E-state index in [1.807, 2.05) is 0 Å². The highest BCUT2D eigenvalue weighted by Gasteiger charge is 2.37. The lowest BCUT2D eigenvalue weighted by molar-refractivity contribution is -0.143. The molecule has 2 heterocycles. The zero-order chi connectivity index (χ0) is 20.5. The molecular formula is C18H20F3N3O4. The number of amides is 3. The summed E-state index contributed by atoms with van der Waals surface area (Å²) >= 11 is 0. The summed E-state index contributed by atoms with van der Waals surface area (Å²) in [5.74, 6) is -2.58. The maximum Gasteiger partial charge on any atom is 0.416 e. The smallest absolute Gasteiger partial charge is 0.416 e. The van der Waals surface area contributed by atoms with Gasteiger partial charge in [0.25, 0.3) is 0 Å². The number of benzene rings is 1. The van der Waals surface area contributed by atoms with Crippen molar-refractivity contribution in [1.29, 1.82) is 0 Å². The van der Waals surface area contributed by atoms with E-state index in [9.17, 15) is 32.7 Å². The van der Waals surface area contributed by atoms with Crippen LogP contribution in [0, 0.1) is 5.92 Å². The lowest BCUT2D eigenvalue weighted by Gasteiger charge is -2.39. The number of halogens is 3. The summed E-state index contributed by atoms with van der Waals surface area (Å²) in [6, 6.07) is 4.14. The molecule has 0 aromatic heterocycles. The summed E-state index contributed by atoms with van der Waals surface area (Å²) in [5.41, 5.74) is -0.234. The van der Waals surface area contributed by atoms with Crippen molar-refractivity contribution in [3.63, 3.8) is 0 Å². The molecule has 3 amide bonds. The number of hydrogen-bond donors (Lipinski definition) is 2. The predicted octanol–water partition coefficient (Wildman–Crippen LogP) is 1.75. The minimum atomic E-state index is -4.45. The van der Waals surface area contributed by atoms with E-state index in [1.54, 1.807) is 0 Å². The lowest BCUT2D eigenvalue weighted by Crippen LogP contribution is -2.56. The summed E-state index contributed by atoms with van der Waals surface area (Å²) in [7, 11) is 0. The van der Waals surface area contributed by atoms with Crippen LogP contribution in [0.25, 0.3) is 0 Å². The topological polar surface area (TPSA) is 90.0 Å². The van der Waals surface area contributed by atoms with Crippen molar-refractivity contribution in [3.05, 3.63) is 35.4 Å². The van der Waals surface area contributed by atoms with Crippen molar-refractivity contribution < 1.29 is 32.7 Å². The van der Waals surface area contributed by atoms with E-state index in [4.69, 9.17) is 0 Å². The summed E-state index contributed by atoms with van der Waals surface area (Å²) in [4.78, 5) is 38.6. The Morgan fingerprint density at radius 3 is 2.36 bits per heavy atom. The molecule has 0 radical (unpaired) electrons. The largest absolute Gasteiger partial charge is 0.481 e. The van der Waals surface area contributed by atoms with Gasteiger partial charge in [0.05, 0.1) is 11.5 Å². The second-order valence-electron chi connectivity index (χ2n) is 7.05. The Morgan fingerprint density at radius 1 is 1.11 bits per heavy atom. The van der Waals surface area contributed by atoms with Crippen LogP contribution in [-0.2, 0) is 15.8 Å². The number of rotatable bonds is 2. The van der Waals surface area contributed by atoms with Gasteiger partial charge in [-0.2, -0.15) is 13.2 Å². The highest BCUT2D eigenvalue weighted by Crippen LogP contribution is 2.34. The number of piperazine rings is 1. The van der Waals surface area contributed by atoms with Crippen LogP contribution < -0.4 is 5.32 Å². The number of aliphatic carboxylic acids is 1. The first-order chi connectivity index (χ1) is 13.1. The number of hydrogen-bond acceptors (Lipinski definition) is 3. The van der Waals surface area contributed by atoms with Gasteiger partial charge in [-0.25, -0.2) is 4.79 Å². The molecule has 10 heteroatoms. The molecular weight excluding hydrogens is 379 g/mol. The third kappa shape index (κ3) is 4.37. The minimum absolute atomic E-state index is 0.00339. The Morgan fingerprint density at radius 2 is 1.79 bits per heavy atom. The zero-order valence-electron chi connectivity index (χ0n) is 14.9. The normalized spacial score (nSPS) is 23.3. The van der Waals surface area contributed by atoms with Crippen LogP contribution >= 0.6 is 0 Å². The van der Waals surface area contributed by atoms with Gasteiger partial charge < -0.3 is 20.2 Å². The van der Waals surface area contributed by atoms with E-state index >= 15 is 0 Å². The quantitative estimate of drug-likeness (QED) is 0.793. The molecule has 0 saturated carbocycles. The number of nitrogens with zero attached hydrogens (tertiary/aromatic N) is 2. The van der Waals surface area contributed by atoms with E-state index in [1.165, 1.54) is 21.9 Å². The van der Waals surface area contributed by atoms with Crippen LogP contribution in [0.3, 0.4) is 0 Å². The average Bonchev–Trinajstić information content (AvgIpc) is 2.66. The second-order valence-corrected chi connectivity index (χ2v) is 7.05. The van der Waals surface area contributed by atoms with E-state index in [2.05, 4.69) is 5.32 Å². The zero-order valence-corrected chi connectivity index (χ0v) is 14.9. The Bertz CT molecular complexity index is 766. The predicted molar refractivity (Wildman–Crippen MR) is 91.5 cm³/mol. The third-order valence-electron chi connectivity index (χ3n) is 5.09. The molecule has 2 unspecified atom stereocenters. The number of nitrogens with one attached hydrogen (secondary N) is 1. The van der Waals surface area contributed by atoms with Crippen molar-refractivity contribution in [1.82, 2.24) is 15.1 Å². The molecule has 28 heavy (non-hydrogen) atoms. The van der Waals surface area contributed by atoms with Crippen molar-refractivity contribution in [2.75, 3.05) is 32.7 Å². The van der Waals surface area contributed by atoms with Crippen molar-refractivity contribution in [3.8, 4) is 0 Å². The number of alkyl halides is 3. The first-order valence-corrected chi connectivity index (χ1v) is 8.85. The molecule has 2 aliphatic rings. The molecule has 152 valence electrons. The van der Waals surface area contributed by atoms with Crippen LogP contribution in [0.2, 0.25) is 0 Å². The highest BCUT2D eigenvalue weighted by molar-refractivity contribution is 5.85. The van der Waals surface area contributed by atoms with E-state index in [0.29, 0.717) is 18.7 Å². The van der Waals surface area contributed by atoms with Crippen LogP contribution in [0.5, 0.6) is 0 Å². The first-order valence-electron chi connectivity index (χ1n) is 8.85. The third-order valence-corrected chi connectivity index (χ3v) is 5.09. The van der Waals surface area contributed by atoms with Gasteiger partial charge >= 0.3 is 18.2 Å². The Kier molecular flexibility index (Phi) is 5.48. The minimum Gasteiger partial charge on any atom is -0.481 e. The van der Waals surface area contributed by atoms with Crippen LogP contribution in [-0.4, -0.2) is 65.5 Å². The molecule has 2 atom stereocenters. The maximum atomic E-state index is 12.8. The molecule has 7 nitrogen and oxygen atoms in total. The molecule has 3 rings (SSSR count). The highest BCUT2D eigenvalue weighted by atomic mass is 19.4. The average molecular weight is 399 g/mol. The standard InChI is InChI=1S/C18H20F3N3O4/c19-18(20,21)14-3-1-11(2-4-14)12-7-13(16(26)27)9-24(8-12)17(28)23-6-5-22-15(25)10-23/h1-4,12-13H,5-10H2,(H,22,25)(H,26,27). The number of likely N-dealkylation sites (tertiary alicyclic amines) is 1. The summed E-state index contributed by atoms with van der Waals surface area (Å²) in [6.07, 6.45) is -4.23. The van der Waals surface area contributed by atoms with Gasteiger partial charge in [-0.05, 0) is 24.1 Å². The number of carbonyl (C=O) groups excluding carboxylic acids is 2. The van der Waals surface area contributed by atoms with Crippen LogP contribution in [0.1, 0.15) is 23.5 Å². The number of carbonyl (C=O) groups is 3. The molecule has 2 saturated heterocycles.